The van der Waals surface area contributed by atoms with Gasteiger partial charge in [-0.15, -0.1) is 0 Å². The molecule has 1 aliphatic heterocycles. The second-order valence-electron chi connectivity index (χ2n) is 7.60. The summed E-state index contributed by atoms with van der Waals surface area (Å²) in [5.41, 5.74) is -0.267. The number of rotatable bonds is 4. The molecule has 160 valence electrons. The number of amides is 3. The fourth-order valence-electron chi connectivity index (χ4n) is 3.08. The monoisotopic (exact) mass is 434 g/mol. The minimum atomic E-state index is -4.18. The number of fused-ring (bicyclic) bond motifs is 1. The molecular formula is C19H22N4O6S. The van der Waals surface area contributed by atoms with Gasteiger partial charge in [0.1, 0.15) is 4.90 Å². The van der Waals surface area contributed by atoms with Gasteiger partial charge in [-0.1, -0.05) is 12.1 Å². The van der Waals surface area contributed by atoms with Crippen LogP contribution in [0.2, 0.25) is 0 Å². The van der Waals surface area contributed by atoms with Crippen LogP contribution in [0.15, 0.2) is 41.4 Å². The average Bonchev–Trinajstić information content (AvgIpc) is 2.64. The number of carboxylic acid groups (broad SMARTS) is 1. The van der Waals surface area contributed by atoms with Gasteiger partial charge in [-0.25, -0.2) is 23.0 Å². The van der Waals surface area contributed by atoms with E-state index in [4.69, 9.17) is 4.74 Å². The Morgan fingerprint density at radius 3 is 2.57 bits per heavy atom. The third kappa shape index (κ3) is 3.75. The zero-order valence-corrected chi connectivity index (χ0v) is 17.7. The van der Waals surface area contributed by atoms with Crippen LogP contribution in [0.1, 0.15) is 26.3 Å². The fourth-order valence-corrected chi connectivity index (χ4v) is 4.57. The zero-order valence-electron chi connectivity index (χ0n) is 16.9. The van der Waals surface area contributed by atoms with Crippen molar-refractivity contribution in [2.24, 2.45) is 0 Å². The summed E-state index contributed by atoms with van der Waals surface area (Å²) in [6.07, 6.45) is 0.0301. The highest BCUT2D eigenvalue weighted by molar-refractivity contribution is 7.94. The van der Waals surface area contributed by atoms with Gasteiger partial charge in [0, 0.05) is 11.1 Å². The Morgan fingerprint density at radius 1 is 1.30 bits per heavy atom. The molecule has 11 heteroatoms. The summed E-state index contributed by atoms with van der Waals surface area (Å²) in [6.45, 7) is 5.06. The quantitative estimate of drug-likeness (QED) is 0.756. The number of carbonyl (C=O) groups is 2. The van der Waals surface area contributed by atoms with E-state index in [0.717, 1.165) is 4.90 Å². The van der Waals surface area contributed by atoms with Crippen molar-refractivity contribution in [1.29, 1.82) is 0 Å². The van der Waals surface area contributed by atoms with Gasteiger partial charge in [0.2, 0.25) is 5.88 Å². The molecule has 0 radical (unpaired) electrons. The smallest absolute Gasteiger partial charge is 0.408 e. The first-order valence-electron chi connectivity index (χ1n) is 8.95. The van der Waals surface area contributed by atoms with Crippen molar-refractivity contribution in [2.75, 3.05) is 16.7 Å². The number of ether oxygens (including phenoxy) is 1. The van der Waals surface area contributed by atoms with Gasteiger partial charge in [-0.05, 0) is 39.0 Å². The van der Waals surface area contributed by atoms with Gasteiger partial charge < -0.3 is 15.2 Å². The molecule has 0 saturated heterocycles. The van der Waals surface area contributed by atoms with Crippen LogP contribution in [0, 0.1) is 0 Å². The Kier molecular flexibility index (Phi) is 5.33. The molecule has 30 heavy (non-hydrogen) atoms. The molecule has 10 nitrogen and oxygen atoms in total. The van der Waals surface area contributed by atoms with Crippen LogP contribution in [0.25, 0.3) is 0 Å². The number of carbonyl (C=O) groups excluding carboxylic acids is 1. The van der Waals surface area contributed by atoms with Crippen molar-refractivity contribution < 1.29 is 27.9 Å². The summed E-state index contributed by atoms with van der Waals surface area (Å²) >= 11 is 0. The number of para-hydroxylation sites is 1. The lowest BCUT2D eigenvalue weighted by molar-refractivity contribution is 0.0949. The van der Waals surface area contributed by atoms with Crippen molar-refractivity contribution in [3.05, 3.63) is 42.1 Å². The lowest BCUT2D eigenvalue weighted by Crippen LogP contribution is -2.45. The van der Waals surface area contributed by atoms with E-state index in [2.05, 4.69) is 10.3 Å². The molecule has 0 bridgehead atoms. The summed E-state index contributed by atoms with van der Waals surface area (Å²) < 4.78 is 32.0. The maximum absolute atomic E-state index is 13.1. The highest BCUT2D eigenvalue weighted by Gasteiger charge is 2.38. The van der Waals surface area contributed by atoms with Gasteiger partial charge in [0.25, 0.3) is 10.0 Å². The van der Waals surface area contributed by atoms with E-state index in [-0.39, 0.29) is 28.7 Å². The van der Waals surface area contributed by atoms with Crippen LogP contribution in [-0.4, -0.2) is 48.2 Å². The first kappa shape index (κ1) is 21.4. The summed E-state index contributed by atoms with van der Waals surface area (Å²) in [6, 6.07) is 6.58. The topological polar surface area (TPSA) is 129 Å². The highest BCUT2D eigenvalue weighted by atomic mass is 32.2. The standard InChI is InChI=1S/C19H22N4O6S/c1-19(2,3)22(18(25)26)11-12-9-13(10-20-16(12)29-4)23-17(24)21-14-7-5-6-8-15(14)30(23,27)28/h5-10H,11H2,1-4H3,(H,21,24)(H,25,26). The SMILES string of the molecule is COc1ncc(N2C(=O)Nc3ccccc3S2(=O)=O)cc1CN(C(=O)O)C(C)(C)C. The molecule has 0 spiro atoms. The predicted molar refractivity (Wildman–Crippen MR) is 109 cm³/mol. The van der Waals surface area contributed by atoms with Gasteiger partial charge in [-0.3, -0.25) is 4.90 Å². The average molecular weight is 434 g/mol. The van der Waals surface area contributed by atoms with Crippen molar-refractivity contribution in [3.8, 4) is 5.88 Å². The van der Waals surface area contributed by atoms with E-state index in [9.17, 15) is 23.1 Å². The fraction of sp³-hybridized carbons (Fsp3) is 0.316. The number of aromatic nitrogens is 1. The molecule has 0 saturated carbocycles. The number of benzene rings is 1. The van der Waals surface area contributed by atoms with E-state index in [1.165, 1.54) is 31.5 Å². The van der Waals surface area contributed by atoms with Gasteiger partial charge in [0.05, 0.1) is 31.2 Å². The minimum absolute atomic E-state index is 0.0305. The molecule has 0 aliphatic carbocycles. The summed E-state index contributed by atoms with van der Waals surface area (Å²) in [7, 11) is -2.81. The number of urea groups is 1. The van der Waals surface area contributed by atoms with Crippen molar-refractivity contribution in [3.63, 3.8) is 0 Å². The first-order valence-corrected chi connectivity index (χ1v) is 10.4. The number of hydrogen-bond acceptors (Lipinski definition) is 6. The molecule has 0 atom stereocenters. The molecule has 1 aromatic carbocycles. The van der Waals surface area contributed by atoms with E-state index in [1.54, 1.807) is 32.9 Å². The molecule has 1 aromatic heterocycles. The van der Waals surface area contributed by atoms with Crippen LogP contribution in [0.4, 0.5) is 21.0 Å². The molecule has 3 amide bonds. The Balaban J connectivity index is 2.09. The molecule has 0 unspecified atom stereocenters. The number of anilines is 2. The molecule has 1 aliphatic rings. The van der Waals surface area contributed by atoms with Crippen LogP contribution in [0.3, 0.4) is 0 Å². The van der Waals surface area contributed by atoms with E-state index in [0.29, 0.717) is 9.87 Å². The first-order chi connectivity index (χ1) is 14.0. The Hall–Kier alpha value is -3.34. The van der Waals surface area contributed by atoms with Gasteiger partial charge in [0.15, 0.2) is 0 Å². The van der Waals surface area contributed by atoms with E-state index < -0.39 is 27.7 Å². The van der Waals surface area contributed by atoms with Gasteiger partial charge in [-0.2, -0.15) is 4.31 Å². The number of pyridine rings is 1. The number of sulfonamides is 1. The maximum Gasteiger partial charge on any atom is 0.408 e. The van der Waals surface area contributed by atoms with Crippen LogP contribution < -0.4 is 14.4 Å². The van der Waals surface area contributed by atoms with Gasteiger partial charge >= 0.3 is 12.1 Å². The highest BCUT2D eigenvalue weighted by Crippen LogP contribution is 2.35. The number of methoxy groups -OCH3 is 1. The van der Waals surface area contributed by atoms with Crippen molar-refractivity contribution >= 4 is 33.5 Å². The Bertz CT molecular complexity index is 1110. The second-order valence-corrected chi connectivity index (χ2v) is 9.35. The van der Waals surface area contributed by atoms with E-state index in [1.807, 2.05) is 0 Å². The van der Waals surface area contributed by atoms with Crippen molar-refractivity contribution in [1.82, 2.24) is 9.88 Å². The van der Waals surface area contributed by atoms with E-state index >= 15 is 0 Å². The molecule has 3 rings (SSSR count). The normalized spacial score (nSPS) is 15.2. The molecule has 2 aromatic rings. The number of hydrogen-bond donors (Lipinski definition) is 2. The lowest BCUT2D eigenvalue weighted by Gasteiger charge is -2.34. The predicted octanol–water partition coefficient (Wildman–Crippen LogP) is 3.11. The zero-order chi connectivity index (χ0) is 22.3. The molecular weight excluding hydrogens is 412 g/mol. The third-order valence-electron chi connectivity index (χ3n) is 4.54. The largest absolute Gasteiger partial charge is 0.481 e. The van der Waals surface area contributed by atoms with Crippen LogP contribution >= 0.6 is 0 Å². The number of nitrogens with zero attached hydrogens (tertiary/aromatic N) is 3. The Labute approximate surface area is 174 Å². The third-order valence-corrected chi connectivity index (χ3v) is 6.31. The summed E-state index contributed by atoms with van der Waals surface area (Å²) in [5.74, 6) is 0.129. The molecule has 2 heterocycles. The summed E-state index contributed by atoms with van der Waals surface area (Å²) in [4.78, 5) is 29.5. The van der Waals surface area contributed by atoms with Crippen LogP contribution in [-0.2, 0) is 16.6 Å². The van der Waals surface area contributed by atoms with Crippen LogP contribution in [0.5, 0.6) is 5.88 Å². The summed E-state index contributed by atoms with van der Waals surface area (Å²) in [5, 5.41) is 12.1. The maximum atomic E-state index is 13.1. The lowest BCUT2D eigenvalue weighted by atomic mass is 10.1. The van der Waals surface area contributed by atoms with Crippen molar-refractivity contribution in [2.45, 2.75) is 37.8 Å². The molecule has 0 fully saturated rings. The molecule has 2 N–H and O–H groups in total. The minimum Gasteiger partial charge on any atom is -0.481 e. The number of nitrogens with one attached hydrogen (secondary N) is 1. The Morgan fingerprint density at radius 2 is 1.97 bits per heavy atom. The second kappa shape index (κ2) is 7.48.